The predicted octanol–water partition coefficient (Wildman–Crippen LogP) is 7.93. The first-order chi connectivity index (χ1) is 19.9. The minimum Gasteiger partial charge on any atom is -0.541 e. The zero-order chi connectivity index (χ0) is 31.7. The molecule has 2 heterocycles. The Kier molecular flexibility index (Phi) is 8.17. The van der Waals surface area contributed by atoms with E-state index in [1.807, 2.05) is 25.1 Å². The molecule has 5 rings (SSSR count). The highest BCUT2D eigenvalue weighted by molar-refractivity contribution is 7.85. The molecule has 2 aromatic rings. The topological polar surface area (TPSA) is 80.3 Å². The molecule has 0 aromatic heterocycles. The monoisotopic (exact) mass is 644 g/mol. The van der Waals surface area contributed by atoms with Crippen molar-refractivity contribution in [3.8, 4) is 23.0 Å². The van der Waals surface area contributed by atoms with Crippen LogP contribution in [0.3, 0.4) is 0 Å². The van der Waals surface area contributed by atoms with Crippen molar-refractivity contribution < 1.29 is 32.1 Å². The minimum absolute atomic E-state index is 0.00936. The largest absolute Gasteiger partial charge is 0.541 e. The number of fused-ring (bicyclic) bond motifs is 3. The Morgan fingerprint density at radius 3 is 1.95 bits per heavy atom. The molecule has 0 N–H and O–H groups in total. The maximum absolute atomic E-state index is 13.5. The van der Waals surface area contributed by atoms with E-state index in [2.05, 4.69) is 79.9 Å². The summed E-state index contributed by atoms with van der Waals surface area (Å²) in [6.45, 7) is 24.6. The van der Waals surface area contributed by atoms with E-state index in [0.29, 0.717) is 17.3 Å². The van der Waals surface area contributed by atoms with Crippen molar-refractivity contribution in [2.24, 2.45) is 11.8 Å². The molecule has 2 aliphatic heterocycles. The van der Waals surface area contributed by atoms with E-state index in [4.69, 9.17) is 23.1 Å². The lowest BCUT2D eigenvalue weighted by molar-refractivity contribution is -0.141. The Hall–Kier alpha value is -2.31. The van der Waals surface area contributed by atoms with Gasteiger partial charge in [0, 0.05) is 28.4 Å². The molecule has 5 atom stereocenters. The van der Waals surface area contributed by atoms with E-state index in [1.165, 1.54) is 0 Å². The summed E-state index contributed by atoms with van der Waals surface area (Å²) < 4.78 is 44.6. The van der Waals surface area contributed by atoms with E-state index in [1.54, 1.807) is 0 Å². The molecular weight excluding hydrogens is 597 g/mol. The summed E-state index contributed by atoms with van der Waals surface area (Å²) >= 11 is 0. The van der Waals surface area contributed by atoms with Crippen LogP contribution in [-0.2, 0) is 20.3 Å². The van der Waals surface area contributed by atoms with Gasteiger partial charge in [0.1, 0.15) is 11.5 Å². The summed E-state index contributed by atoms with van der Waals surface area (Å²) in [6, 6.07) is 10.1. The molecule has 43 heavy (non-hydrogen) atoms. The first kappa shape index (κ1) is 32.1. The molecule has 7 nitrogen and oxygen atoms in total. The molecule has 0 saturated carbocycles. The molecule has 1 unspecified atom stereocenters. The highest BCUT2D eigenvalue weighted by atomic mass is 32.2. The smallest absolute Gasteiger partial charge is 0.310 e. The molecule has 236 valence electrons. The summed E-state index contributed by atoms with van der Waals surface area (Å²) in [4.78, 5) is 13.5. The molecule has 3 aliphatic rings. The van der Waals surface area contributed by atoms with Crippen LogP contribution >= 0.6 is 0 Å². The molecule has 0 radical (unpaired) electrons. The van der Waals surface area contributed by atoms with E-state index in [9.17, 15) is 9.00 Å². The average Bonchev–Trinajstić information content (AvgIpc) is 3.51. The lowest BCUT2D eigenvalue weighted by Crippen LogP contribution is -2.45. The van der Waals surface area contributed by atoms with Crippen LogP contribution in [0, 0.1) is 11.8 Å². The van der Waals surface area contributed by atoms with Gasteiger partial charge in [-0.05, 0) is 77.2 Å². The fourth-order valence-corrected chi connectivity index (χ4v) is 9.29. The van der Waals surface area contributed by atoms with Gasteiger partial charge in [0.15, 0.2) is 11.5 Å². The molecule has 1 saturated heterocycles. The van der Waals surface area contributed by atoms with Crippen LogP contribution in [-0.4, -0.2) is 46.0 Å². The number of ether oxygens (including phenoxy) is 3. The van der Waals surface area contributed by atoms with Gasteiger partial charge in [-0.1, -0.05) is 54.5 Å². The van der Waals surface area contributed by atoms with Crippen LogP contribution in [0.5, 0.6) is 23.0 Å². The van der Waals surface area contributed by atoms with Gasteiger partial charge in [-0.25, -0.2) is 0 Å². The highest BCUT2D eigenvalue weighted by Gasteiger charge is 2.54. The summed E-state index contributed by atoms with van der Waals surface area (Å²) in [5.74, 6) is 2.01. The quantitative estimate of drug-likeness (QED) is 0.224. The maximum Gasteiger partial charge on any atom is 0.310 e. The van der Waals surface area contributed by atoms with Crippen molar-refractivity contribution in [1.82, 2.24) is 0 Å². The van der Waals surface area contributed by atoms with Gasteiger partial charge in [0.25, 0.3) is 16.6 Å². The Morgan fingerprint density at radius 2 is 1.40 bits per heavy atom. The predicted molar refractivity (Wildman–Crippen MR) is 176 cm³/mol. The molecule has 0 amide bonds. The highest BCUT2D eigenvalue weighted by Crippen LogP contribution is 2.56. The Balaban J connectivity index is 1.70. The minimum atomic E-state index is -2.26. The van der Waals surface area contributed by atoms with Gasteiger partial charge < -0.3 is 23.1 Å². The first-order valence-electron chi connectivity index (χ1n) is 15.4. The van der Waals surface area contributed by atoms with E-state index >= 15 is 0 Å². The zero-order valence-electron chi connectivity index (χ0n) is 27.6. The number of carbonyl (C=O) groups is 1. The van der Waals surface area contributed by atoms with Crippen molar-refractivity contribution in [3.63, 3.8) is 0 Å². The molecule has 0 bridgehead atoms. The summed E-state index contributed by atoms with van der Waals surface area (Å²) in [7, 11) is -5.63. The van der Waals surface area contributed by atoms with Crippen molar-refractivity contribution in [3.05, 3.63) is 47.0 Å². The van der Waals surface area contributed by atoms with Crippen LogP contribution in [0.1, 0.15) is 76.3 Å². The second-order valence-electron chi connectivity index (χ2n) is 15.2. The number of hydrogen-bond donors (Lipinski definition) is 0. The second kappa shape index (κ2) is 10.9. The number of hydrogen-bond acceptors (Lipinski definition) is 7. The molecule has 2 aromatic carbocycles. The second-order valence-corrected chi connectivity index (χ2v) is 26.4. The van der Waals surface area contributed by atoms with Crippen molar-refractivity contribution >= 4 is 33.4 Å². The third kappa shape index (κ3) is 5.67. The van der Waals surface area contributed by atoms with E-state index in [-0.39, 0.29) is 46.5 Å². The van der Waals surface area contributed by atoms with Gasteiger partial charge in [0.05, 0.1) is 17.8 Å². The Labute approximate surface area is 261 Å². The third-order valence-corrected chi connectivity index (χ3v) is 20.8. The maximum atomic E-state index is 13.5. The fourth-order valence-electron chi connectivity index (χ4n) is 5.77. The number of cyclic esters (lactones) is 1. The van der Waals surface area contributed by atoms with E-state index in [0.717, 1.165) is 28.2 Å². The van der Waals surface area contributed by atoms with Gasteiger partial charge in [-0.15, -0.1) is 0 Å². The summed E-state index contributed by atoms with van der Waals surface area (Å²) in [5.41, 5.74) is 2.83. The standard InChI is InChI=1S/C33H48O7SSi2/c1-12-41(35)30-22-17-26-25(37-19-38-26)16-21(22)28(29-23(30)18-36-31(29)34)20-13-14-24(39-42(8,9)32(2,3)4)27(15-20)40-43(10,11)33(5,6)7/h13-17,23,28-30H,12,18-19H2,1-11H3/t23-,28+,29-,30+,41?/m0/s1. The van der Waals surface area contributed by atoms with Crippen molar-refractivity contribution in [2.45, 2.75) is 95.9 Å². The van der Waals surface area contributed by atoms with Gasteiger partial charge in [-0.3, -0.25) is 9.00 Å². The molecular formula is C33H48O7SSi2. The molecule has 1 fully saturated rings. The normalized spacial score (nSPS) is 24.2. The van der Waals surface area contributed by atoms with E-state index < -0.39 is 33.4 Å². The van der Waals surface area contributed by atoms with Gasteiger partial charge >= 0.3 is 5.97 Å². The van der Waals surface area contributed by atoms with Crippen LogP contribution in [0.15, 0.2) is 30.3 Å². The van der Waals surface area contributed by atoms with Crippen LogP contribution < -0.4 is 18.3 Å². The molecule has 0 spiro atoms. The third-order valence-electron chi connectivity index (χ3n) is 10.4. The molecule has 1 aliphatic carbocycles. The number of carbonyl (C=O) groups excluding carboxylic acids is 1. The lowest BCUT2D eigenvalue weighted by Gasteiger charge is -2.41. The van der Waals surface area contributed by atoms with Crippen LogP contribution in [0.2, 0.25) is 36.3 Å². The van der Waals surface area contributed by atoms with Crippen LogP contribution in [0.25, 0.3) is 0 Å². The SMILES string of the molecule is CCS(=O)[C@@H]1c2cc3c(cc2[C@@H](c2ccc(O[Si](C)(C)C(C)(C)C)c(O[Si](C)(C)C(C)(C)C)c2)[C@H]2C(=O)OC[C@@H]21)OCO3. The number of rotatable bonds is 7. The lowest BCUT2D eigenvalue weighted by atomic mass is 9.67. The van der Waals surface area contributed by atoms with Crippen LogP contribution in [0.4, 0.5) is 0 Å². The number of benzene rings is 2. The van der Waals surface area contributed by atoms with Gasteiger partial charge in [-0.2, -0.15) is 0 Å². The fraction of sp³-hybridized carbons (Fsp3) is 0.606. The summed E-state index contributed by atoms with van der Waals surface area (Å²) in [5, 5.41) is -0.342. The first-order valence-corrected chi connectivity index (χ1v) is 22.6. The van der Waals surface area contributed by atoms with Crippen molar-refractivity contribution in [1.29, 1.82) is 0 Å². The Morgan fingerprint density at radius 1 is 0.837 bits per heavy atom. The Bertz CT molecular complexity index is 1440. The number of esters is 1. The van der Waals surface area contributed by atoms with Crippen molar-refractivity contribution in [2.75, 3.05) is 19.2 Å². The summed E-state index contributed by atoms with van der Waals surface area (Å²) in [6.07, 6.45) is 0. The van der Waals surface area contributed by atoms with Gasteiger partial charge in [0.2, 0.25) is 6.79 Å². The zero-order valence-corrected chi connectivity index (χ0v) is 30.4. The average molecular weight is 645 g/mol. The molecule has 10 heteroatoms.